The van der Waals surface area contributed by atoms with E-state index in [2.05, 4.69) is 4.98 Å². The van der Waals surface area contributed by atoms with Gasteiger partial charge in [0.05, 0.1) is 17.9 Å². The van der Waals surface area contributed by atoms with Gasteiger partial charge in [0, 0.05) is 39.2 Å². The van der Waals surface area contributed by atoms with Gasteiger partial charge in [-0.25, -0.2) is 4.39 Å². The predicted molar refractivity (Wildman–Crippen MR) is 181 cm³/mol. The van der Waals surface area contributed by atoms with Crippen LogP contribution in [-0.2, 0) is 42.6 Å². The monoisotopic (exact) mass is 691 g/mol. The van der Waals surface area contributed by atoms with Gasteiger partial charge in [-0.05, 0) is 91.4 Å². The fourth-order valence-electron chi connectivity index (χ4n) is 4.94. The van der Waals surface area contributed by atoms with Crippen LogP contribution in [0, 0.1) is 12.7 Å². The summed E-state index contributed by atoms with van der Waals surface area (Å²) in [6.07, 6.45) is -4.18. The molecule has 0 bridgehead atoms. The highest BCUT2D eigenvalue weighted by molar-refractivity contribution is 7.98. The van der Waals surface area contributed by atoms with Gasteiger partial charge in [-0.2, -0.15) is 18.2 Å². The number of fused-ring (bicyclic) bond motifs is 1. The number of aromatic nitrogens is 2. The molecule has 0 atom stereocenters. The van der Waals surface area contributed by atoms with Gasteiger partial charge >= 0.3 is 6.18 Å². The Morgan fingerprint density at radius 2 is 1.73 bits per heavy atom. The molecule has 6 nitrogen and oxygen atoms in total. The minimum Gasteiger partial charge on any atom is -0.336 e. The van der Waals surface area contributed by atoms with E-state index in [0.29, 0.717) is 24.1 Å². The van der Waals surface area contributed by atoms with E-state index in [9.17, 15) is 30.6 Å². The third-order valence-corrected chi connectivity index (χ3v) is 8.61. The molecule has 3 aromatic carbocycles. The predicted octanol–water partition coefficient (Wildman–Crippen LogP) is 7.53. The summed E-state index contributed by atoms with van der Waals surface area (Å²) >= 11 is 0.789. The van der Waals surface area contributed by atoms with E-state index in [0.717, 1.165) is 40.3 Å². The van der Waals surface area contributed by atoms with E-state index in [-0.39, 0.29) is 64.1 Å². The molecule has 11 heteroatoms. The van der Waals surface area contributed by atoms with Crippen molar-refractivity contribution in [3.8, 4) is 11.1 Å². The third-order valence-electron chi connectivity index (χ3n) is 7.60. The zero-order valence-corrected chi connectivity index (χ0v) is 27.2. The topological polar surface area (TPSA) is 58.4 Å². The van der Waals surface area contributed by atoms with Crippen molar-refractivity contribution in [2.75, 3.05) is 26.1 Å². The van der Waals surface area contributed by atoms with Gasteiger partial charge in [0.15, 0.2) is 5.16 Å². The molecule has 0 N–H and O–H groups in total. The van der Waals surface area contributed by atoms with Crippen LogP contribution in [0.1, 0.15) is 68.9 Å². The SMILES string of the molecule is [2H]c1c([2H])c(C([2H])([2H])N(C(=O)C([2H])([2H])n2c(SCc3ccc(F)cc3)nc(=O)c3c2CCC3)C([2H])([2H])C([2H])([2H])N(CC)CC)c(C)c([2H])c1-c1ccc(C(F)(F)F)cc1. The van der Waals surface area contributed by atoms with E-state index in [1.807, 2.05) is 0 Å². The summed E-state index contributed by atoms with van der Waals surface area (Å²) in [4.78, 5) is 32.9. The molecule has 1 aromatic heterocycles. The highest BCUT2D eigenvalue weighted by Crippen LogP contribution is 2.32. The van der Waals surface area contributed by atoms with Crippen LogP contribution in [-0.4, -0.2) is 51.3 Å². The minimum atomic E-state index is -4.72. The number of carbonyl (C=O) groups is 1. The van der Waals surface area contributed by atoms with Gasteiger partial charge in [-0.15, -0.1) is 0 Å². The summed E-state index contributed by atoms with van der Waals surface area (Å²) in [6.45, 7) is -10.6. The standard InChI is InChI=1S/C37H40F4N4O2S/c1-4-43(5-2)19-20-44(22-29-12-11-28(21-25(29)3)27-13-15-30(16-14-27)37(39,40)41)34(46)23-45-33-8-6-7-32(33)35(47)42-36(45)48-24-26-9-17-31(38)18-10-26/h9-18,21H,4-8,19-20,22-24H2,1-3H3/i11D,12D,19D2,20D2,21D,22D2,23D2. The van der Waals surface area contributed by atoms with Crippen LogP contribution in [0.25, 0.3) is 11.1 Å². The molecule has 0 aliphatic heterocycles. The Labute approximate surface area is 298 Å². The summed E-state index contributed by atoms with van der Waals surface area (Å²) in [5.74, 6) is -2.55. The molecule has 48 heavy (non-hydrogen) atoms. The average molecular weight is 692 g/mol. The Bertz CT molecular complexity index is 2280. The van der Waals surface area contributed by atoms with Crippen LogP contribution in [0.15, 0.2) is 76.6 Å². The van der Waals surface area contributed by atoms with Crippen LogP contribution in [0.4, 0.5) is 17.6 Å². The Morgan fingerprint density at radius 1 is 1.02 bits per heavy atom. The molecule has 0 fully saturated rings. The highest BCUT2D eigenvalue weighted by Gasteiger charge is 2.30. The van der Waals surface area contributed by atoms with E-state index in [1.54, 1.807) is 0 Å². The lowest BCUT2D eigenvalue weighted by molar-refractivity contribution is -0.137. The molecule has 0 radical (unpaired) electrons. The number of thioether (sulfide) groups is 1. The van der Waals surface area contributed by atoms with Crippen molar-refractivity contribution < 1.29 is 37.4 Å². The normalized spacial score (nSPS) is 17.4. The number of amides is 1. The molecule has 0 saturated carbocycles. The highest BCUT2D eigenvalue weighted by atomic mass is 32.2. The maximum atomic E-state index is 15.1. The molecular formula is C37H40F4N4O2S. The van der Waals surface area contributed by atoms with Crippen LogP contribution < -0.4 is 5.56 Å². The Hall–Kier alpha value is -3.96. The van der Waals surface area contributed by atoms with Crippen molar-refractivity contribution in [1.29, 1.82) is 0 Å². The summed E-state index contributed by atoms with van der Waals surface area (Å²) in [7, 11) is 0. The molecule has 5 rings (SSSR count). The van der Waals surface area contributed by atoms with Gasteiger partial charge in [0.1, 0.15) is 12.3 Å². The first-order valence-corrected chi connectivity index (χ1v) is 16.2. The van der Waals surface area contributed by atoms with Crippen molar-refractivity contribution in [2.45, 2.75) is 70.1 Å². The Morgan fingerprint density at radius 3 is 2.40 bits per heavy atom. The summed E-state index contributed by atoms with van der Waals surface area (Å²) < 4.78 is 155. The van der Waals surface area contributed by atoms with E-state index < -0.39 is 84.3 Å². The zero-order valence-electron chi connectivity index (χ0n) is 37.4. The molecule has 0 unspecified atom stereocenters. The first-order chi connectivity index (χ1) is 27.3. The van der Waals surface area contributed by atoms with Crippen molar-refractivity contribution >= 4 is 17.7 Å². The number of halogens is 4. The van der Waals surface area contributed by atoms with Crippen molar-refractivity contribution in [1.82, 2.24) is 19.4 Å². The molecule has 1 aliphatic carbocycles. The Balaban J connectivity index is 1.76. The van der Waals surface area contributed by atoms with Gasteiger partial charge < -0.3 is 14.4 Å². The molecule has 1 amide bonds. The van der Waals surface area contributed by atoms with Gasteiger partial charge in [-0.1, -0.05) is 68.0 Å². The van der Waals surface area contributed by atoms with Crippen LogP contribution >= 0.6 is 11.8 Å². The minimum absolute atomic E-state index is 0.0120. The van der Waals surface area contributed by atoms with Gasteiger partial charge in [0.25, 0.3) is 5.56 Å². The number of nitrogens with zero attached hydrogens (tertiary/aromatic N) is 4. The molecule has 0 spiro atoms. The lowest BCUT2D eigenvalue weighted by Crippen LogP contribution is -2.40. The van der Waals surface area contributed by atoms with Crippen LogP contribution in [0.3, 0.4) is 0 Å². The number of hydrogen-bond acceptors (Lipinski definition) is 5. The van der Waals surface area contributed by atoms with Crippen LogP contribution in [0.2, 0.25) is 0 Å². The van der Waals surface area contributed by atoms with Gasteiger partial charge in [-0.3, -0.25) is 9.59 Å². The molecule has 1 aliphatic rings. The molecule has 1 heterocycles. The maximum absolute atomic E-state index is 15.1. The van der Waals surface area contributed by atoms with E-state index in [4.69, 9.17) is 6.85 Å². The number of rotatable bonds is 13. The van der Waals surface area contributed by atoms with Crippen molar-refractivity contribution in [3.63, 3.8) is 0 Å². The summed E-state index contributed by atoms with van der Waals surface area (Å²) in [5.41, 5.74) is -3.10. The zero-order chi connectivity index (χ0) is 44.2. The number of alkyl halides is 3. The second-order valence-electron chi connectivity index (χ2n) is 10.8. The second kappa shape index (κ2) is 15.5. The second-order valence-corrected chi connectivity index (χ2v) is 11.8. The maximum Gasteiger partial charge on any atom is 0.416 e. The number of benzene rings is 3. The smallest absolute Gasteiger partial charge is 0.336 e. The van der Waals surface area contributed by atoms with Gasteiger partial charge in [0.2, 0.25) is 5.91 Å². The first kappa shape index (κ1) is 23.4. The molecule has 4 aromatic rings. The molecule has 0 saturated heterocycles. The quantitative estimate of drug-likeness (QED) is 0.0825. The number of likely N-dealkylation sites (N-methyl/N-ethyl adjacent to an activating group) is 1. The lowest BCUT2D eigenvalue weighted by atomic mass is 9.98. The molecular weight excluding hydrogens is 640 g/mol. The largest absolute Gasteiger partial charge is 0.416 e. The van der Waals surface area contributed by atoms with Crippen molar-refractivity contribution in [3.05, 3.63) is 116 Å². The first-order valence-electron chi connectivity index (χ1n) is 20.7. The third kappa shape index (κ3) is 8.54. The fraction of sp³-hybridized carbons (Fsp3) is 0.378. The fourth-order valence-corrected chi connectivity index (χ4v) is 5.86. The number of carbonyl (C=O) groups excluding carboxylic acids is 1. The Kier molecular flexibility index (Phi) is 7.56. The van der Waals surface area contributed by atoms with E-state index in [1.165, 1.54) is 38.1 Å². The lowest BCUT2D eigenvalue weighted by Gasteiger charge is -2.28. The van der Waals surface area contributed by atoms with Crippen molar-refractivity contribution in [2.24, 2.45) is 0 Å². The van der Waals surface area contributed by atoms with E-state index >= 15 is 4.79 Å². The number of hydrogen-bond donors (Lipinski definition) is 0. The summed E-state index contributed by atoms with van der Waals surface area (Å²) in [6, 6.07) is 5.95. The average Bonchev–Trinajstić information content (AvgIpc) is 3.64. The van der Waals surface area contributed by atoms with Crippen LogP contribution in [0.5, 0.6) is 0 Å². The molecule has 254 valence electrons. The summed E-state index contributed by atoms with van der Waals surface area (Å²) in [5, 5.41) is -0.369.